The number of fused-ring (bicyclic) bond motifs is 1. The molecule has 0 bridgehead atoms. The van der Waals surface area contributed by atoms with E-state index in [0.29, 0.717) is 12.8 Å². The third kappa shape index (κ3) is 1.42. The first-order chi connectivity index (χ1) is 7.50. The van der Waals surface area contributed by atoms with E-state index in [1.165, 1.54) is 11.1 Å². The summed E-state index contributed by atoms with van der Waals surface area (Å²) in [6.45, 7) is 4.10. The first-order valence-corrected chi connectivity index (χ1v) is 5.58. The lowest BCUT2D eigenvalue weighted by Gasteiger charge is -2.42. The monoisotopic (exact) mass is 219 g/mol. The third-order valence-electron chi connectivity index (χ3n) is 3.93. The van der Waals surface area contributed by atoms with E-state index >= 15 is 0 Å². The molecule has 1 aliphatic carbocycles. The van der Waals surface area contributed by atoms with Gasteiger partial charge in [-0.3, -0.25) is 4.79 Å². The van der Waals surface area contributed by atoms with Crippen LogP contribution < -0.4 is 0 Å². The van der Waals surface area contributed by atoms with E-state index in [9.17, 15) is 9.59 Å². The molecule has 0 unspecified atom stereocenters. The summed E-state index contributed by atoms with van der Waals surface area (Å²) in [5.41, 5.74) is 1.90. The van der Waals surface area contributed by atoms with Gasteiger partial charge in [-0.05, 0) is 26.7 Å². The van der Waals surface area contributed by atoms with Gasteiger partial charge in [-0.1, -0.05) is 17.2 Å². The zero-order valence-corrected chi connectivity index (χ0v) is 9.99. The van der Waals surface area contributed by atoms with Crippen molar-refractivity contribution in [3.63, 3.8) is 0 Å². The molecule has 86 valence electrons. The van der Waals surface area contributed by atoms with Gasteiger partial charge in [0.2, 0.25) is 5.91 Å². The maximum atomic E-state index is 12.1. The topological polar surface area (TPSA) is 37.4 Å². The van der Waals surface area contributed by atoms with E-state index in [4.69, 9.17) is 0 Å². The minimum atomic E-state index is -0.590. The summed E-state index contributed by atoms with van der Waals surface area (Å²) >= 11 is 0. The van der Waals surface area contributed by atoms with Crippen molar-refractivity contribution in [1.29, 1.82) is 0 Å². The second-order valence-electron chi connectivity index (χ2n) is 4.99. The lowest BCUT2D eigenvalue weighted by molar-refractivity contribution is -0.140. The van der Waals surface area contributed by atoms with E-state index < -0.39 is 5.41 Å². The van der Waals surface area contributed by atoms with Crippen molar-refractivity contribution >= 4 is 12.2 Å². The van der Waals surface area contributed by atoms with Gasteiger partial charge in [-0.2, -0.15) is 0 Å². The van der Waals surface area contributed by atoms with Crippen molar-refractivity contribution in [3.05, 3.63) is 23.4 Å². The van der Waals surface area contributed by atoms with Crippen molar-refractivity contribution < 1.29 is 9.59 Å². The molecular weight excluding hydrogens is 202 g/mol. The molecule has 2 aliphatic rings. The number of amides is 1. The average molecular weight is 219 g/mol. The second kappa shape index (κ2) is 3.58. The Balaban J connectivity index is 2.48. The molecular formula is C13H17NO2. The first-order valence-electron chi connectivity index (χ1n) is 5.58. The molecule has 2 rings (SSSR count). The van der Waals surface area contributed by atoms with Crippen LogP contribution >= 0.6 is 0 Å². The van der Waals surface area contributed by atoms with Gasteiger partial charge in [-0.15, -0.1) is 0 Å². The number of nitrogens with zero attached hydrogens (tertiary/aromatic N) is 1. The van der Waals surface area contributed by atoms with Crippen LogP contribution in [0, 0.1) is 11.3 Å². The molecule has 3 nitrogen and oxygen atoms in total. The van der Waals surface area contributed by atoms with Gasteiger partial charge in [0.15, 0.2) is 0 Å². The Kier molecular flexibility index (Phi) is 2.49. The Labute approximate surface area is 95.8 Å². The number of carbonyl (C=O) groups is 2. The minimum Gasteiger partial charge on any atom is -0.322 e. The number of aldehydes is 1. The van der Waals surface area contributed by atoms with E-state index in [2.05, 4.69) is 6.92 Å². The van der Waals surface area contributed by atoms with Crippen LogP contribution in [-0.2, 0) is 9.59 Å². The highest BCUT2D eigenvalue weighted by molar-refractivity contribution is 5.87. The Morgan fingerprint density at radius 2 is 2.12 bits per heavy atom. The molecule has 0 aromatic rings. The summed E-state index contributed by atoms with van der Waals surface area (Å²) in [7, 11) is 1.74. The number of hydrogen-bond acceptors (Lipinski definition) is 2. The van der Waals surface area contributed by atoms with Crippen LogP contribution in [0.2, 0.25) is 0 Å². The lowest BCUT2D eigenvalue weighted by atomic mass is 9.64. The zero-order valence-electron chi connectivity index (χ0n) is 9.99. The molecule has 0 N–H and O–H groups in total. The highest BCUT2D eigenvalue weighted by Crippen LogP contribution is 2.46. The van der Waals surface area contributed by atoms with Gasteiger partial charge < -0.3 is 9.69 Å². The fourth-order valence-electron chi connectivity index (χ4n) is 2.63. The van der Waals surface area contributed by atoms with Crippen LogP contribution in [0.1, 0.15) is 26.7 Å². The summed E-state index contributed by atoms with van der Waals surface area (Å²) in [4.78, 5) is 25.0. The van der Waals surface area contributed by atoms with Gasteiger partial charge in [0.05, 0.1) is 11.3 Å². The molecule has 1 amide bonds. The highest BCUT2D eigenvalue weighted by atomic mass is 16.2. The van der Waals surface area contributed by atoms with Crippen LogP contribution in [-0.4, -0.2) is 24.1 Å². The van der Waals surface area contributed by atoms with Crippen molar-refractivity contribution in [2.45, 2.75) is 26.7 Å². The summed E-state index contributed by atoms with van der Waals surface area (Å²) in [6.07, 6.45) is 5.96. The smallest absolute Gasteiger partial charge is 0.231 e. The maximum absolute atomic E-state index is 12.1. The molecule has 0 aromatic heterocycles. The number of allylic oxidation sites excluding steroid dienone is 3. The van der Waals surface area contributed by atoms with E-state index in [0.717, 1.165) is 6.29 Å². The molecule has 3 heteroatoms. The van der Waals surface area contributed by atoms with Crippen molar-refractivity contribution in [1.82, 2.24) is 4.90 Å². The van der Waals surface area contributed by atoms with E-state index in [1.807, 2.05) is 13.0 Å². The maximum Gasteiger partial charge on any atom is 0.231 e. The molecule has 0 fully saturated rings. The van der Waals surface area contributed by atoms with Gasteiger partial charge in [0, 0.05) is 13.2 Å². The quantitative estimate of drug-likeness (QED) is 0.499. The SMILES string of the molecule is CC1=C(C)C[C@]2(C=O)C=CN(C)C(=O)[C@@H]2C1. The normalized spacial score (nSPS) is 34.1. The zero-order chi connectivity index (χ0) is 11.9. The summed E-state index contributed by atoms with van der Waals surface area (Å²) in [6, 6.07) is 0. The second-order valence-corrected chi connectivity index (χ2v) is 4.99. The number of hydrogen-bond donors (Lipinski definition) is 0. The van der Waals surface area contributed by atoms with E-state index in [1.54, 1.807) is 18.1 Å². The fourth-order valence-corrected chi connectivity index (χ4v) is 2.63. The number of carbonyl (C=O) groups excluding carboxylic acids is 2. The predicted molar refractivity (Wildman–Crippen MR) is 61.5 cm³/mol. The van der Waals surface area contributed by atoms with Crippen molar-refractivity contribution in [2.24, 2.45) is 11.3 Å². The standard InChI is InChI=1S/C13H17NO2/c1-9-6-11-12(16)14(3)5-4-13(11,8-15)7-10(9)2/h4-5,8,11H,6-7H2,1-3H3/t11-,13-/m0/s1. The van der Waals surface area contributed by atoms with Crippen LogP contribution in [0.4, 0.5) is 0 Å². The molecule has 0 spiro atoms. The molecule has 0 saturated heterocycles. The molecule has 0 aromatic carbocycles. The summed E-state index contributed by atoms with van der Waals surface area (Å²) in [5, 5.41) is 0. The predicted octanol–water partition coefficient (Wildman–Crippen LogP) is 1.90. The minimum absolute atomic E-state index is 0.0569. The fraction of sp³-hybridized carbons (Fsp3) is 0.538. The van der Waals surface area contributed by atoms with Gasteiger partial charge in [0.1, 0.15) is 6.29 Å². The van der Waals surface area contributed by atoms with Crippen LogP contribution in [0.3, 0.4) is 0 Å². The van der Waals surface area contributed by atoms with E-state index in [-0.39, 0.29) is 11.8 Å². The van der Waals surface area contributed by atoms with Crippen LogP contribution in [0.5, 0.6) is 0 Å². The van der Waals surface area contributed by atoms with Crippen molar-refractivity contribution in [2.75, 3.05) is 7.05 Å². The van der Waals surface area contributed by atoms with Crippen LogP contribution in [0.15, 0.2) is 23.4 Å². The molecule has 1 aliphatic heterocycles. The Hall–Kier alpha value is -1.38. The molecule has 1 heterocycles. The van der Waals surface area contributed by atoms with Gasteiger partial charge in [-0.25, -0.2) is 0 Å². The molecule has 0 saturated carbocycles. The molecule has 16 heavy (non-hydrogen) atoms. The van der Waals surface area contributed by atoms with Gasteiger partial charge >= 0.3 is 0 Å². The molecule has 0 radical (unpaired) electrons. The Bertz CT molecular complexity index is 408. The largest absolute Gasteiger partial charge is 0.322 e. The highest BCUT2D eigenvalue weighted by Gasteiger charge is 2.47. The molecule has 2 atom stereocenters. The first kappa shape index (κ1) is 11.1. The number of rotatable bonds is 1. The lowest BCUT2D eigenvalue weighted by Crippen LogP contribution is -2.47. The Morgan fingerprint density at radius 1 is 1.44 bits per heavy atom. The van der Waals surface area contributed by atoms with Crippen LogP contribution in [0.25, 0.3) is 0 Å². The summed E-state index contributed by atoms with van der Waals surface area (Å²) in [5.74, 6) is -0.148. The third-order valence-corrected chi connectivity index (χ3v) is 3.93. The Morgan fingerprint density at radius 3 is 2.75 bits per heavy atom. The summed E-state index contributed by atoms with van der Waals surface area (Å²) < 4.78 is 0. The van der Waals surface area contributed by atoms with Crippen molar-refractivity contribution in [3.8, 4) is 0 Å². The average Bonchev–Trinajstić information content (AvgIpc) is 2.27. The van der Waals surface area contributed by atoms with Gasteiger partial charge in [0.25, 0.3) is 0 Å².